The zero-order valence-corrected chi connectivity index (χ0v) is 23.0. The first-order chi connectivity index (χ1) is 18.6. The summed E-state index contributed by atoms with van der Waals surface area (Å²) in [6.45, 7) is 7.08. The van der Waals surface area contributed by atoms with Crippen LogP contribution in [0.4, 0.5) is 0 Å². The number of halogens is 1. The first kappa shape index (κ1) is 25.3. The van der Waals surface area contributed by atoms with Crippen LogP contribution in [0.2, 0.25) is 5.02 Å². The number of thiophene rings is 1. The summed E-state index contributed by atoms with van der Waals surface area (Å²) >= 11 is 7.44. The fourth-order valence-corrected chi connectivity index (χ4v) is 6.39. The Morgan fingerprint density at radius 3 is 2.74 bits per heavy atom. The van der Waals surface area contributed by atoms with Crippen molar-refractivity contribution in [3.05, 3.63) is 74.3 Å². The molecule has 38 heavy (non-hydrogen) atoms. The number of pyridine rings is 1. The van der Waals surface area contributed by atoms with Gasteiger partial charge in [-0.1, -0.05) is 23.7 Å². The fourth-order valence-electron chi connectivity index (χ4n) is 5.27. The van der Waals surface area contributed by atoms with Gasteiger partial charge in [-0.3, -0.25) is 4.90 Å². The van der Waals surface area contributed by atoms with Crippen molar-refractivity contribution in [3.8, 4) is 11.9 Å². The van der Waals surface area contributed by atoms with Gasteiger partial charge in [0, 0.05) is 29.2 Å². The molecule has 0 spiro atoms. The molecule has 1 aromatic carbocycles. The third kappa shape index (κ3) is 5.43. The second-order valence-electron chi connectivity index (χ2n) is 10.2. The number of aryl methyl sites for hydroxylation is 1. The van der Waals surface area contributed by atoms with E-state index in [-0.39, 0.29) is 0 Å². The minimum Gasteiger partial charge on any atom is -0.472 e. The Labute approximate surface area is 231 Å². The Hall–Kier alpha value is -2.96. The van der Waals surface area contributed by atoms with Crippen LogP contribution in [0.1, 0.15) is 52.0 Å². The summed E-state index contributed by atoms with van der Waals surface area (Å²) in [5.41, 5.74) is 4.61. The molecule has 0 bridgehead atoms. The van der Waals surface area contributed by atoms with Gasteiger partial charge in [-0.05, 0) is 69.1 Å². The summed E-state index contributed by atoms with van der Waals surface area (Å²) in [6, 6.07) is 16.4. The maximum absolute atomic E-state index is 9.11. The third-order valence-corrected chi connectivity index (χ3v) is 8.90. The maximum Gasteiger partial charge on any atom is 0.213 e. The number of likely N-dealkylation sites (tertiary alicyclic amines) is 1. The van der Waals surface area contributed by atoms with Gasteiger partial charge in [-0.25, -0.2) is 9.97 Å². The summed E-state index contributed by atoms with van der Waals surface area (Å²) in [5.74, 6) is 2.14. The van der Waals surface area contributed by atoms with Gasteiger partial charge in [0.25, 0.3) is 0 Å². The Kier molecular flexibility index (Phi) is 7.35. The molecule has 6 rings (SSSR count). The van der Waals surface area contributed by atoms with E-state index in [9.17, 15) is 0 Å². The van der Waals surface area contributed by atoms with Gasteiger partial charge in [0.2, 0.25) is 5.88 Å². The van der Waals surface area contributed by atoms with Gasteiger partial charge < -0.3 is 14.0 Å². The van der Waals surface area contributed by atoms with Crippen LogP contribution < -0.4 is 4.74 Å². The minimum atomic E-state index is 0.295. The number of imidazole rings is 1. The molecular formula is C29H30ClN5O2S. The second kappa shape index (κ2) is 11.0. The predicted molar refractivity (Wildman–Crippen MR) is 149 cm³/mol. The van der Waals surface area contributed by atoms with E-state index in [1.165, 1.54) is 22.4 Å². The van der Waals surface area contributed by atoms with E-state index in [0.717, 1.165) is 74.0 Å². The number of piperidine rings is 1. The molecule has 0 N–H and O–H groups in total. The Bertz CT molecular complexity index is 1480. The number of nitrogens with zero attached hydrogens (tertiary/aromatic N) is 5. The number of benzene rings is 1. The highest BCUT2D eigenvalue weighted by molar-refractivity contribution is 7.13. The highest BCUT2D eigenvalue weighted by Crippen LogP contribution is 2.31. The lowest BCUT2D eigenvalue weighted by atomic mass is 9.93. The first-order valence-electron chi connectivity index (χ1n) is 13.1. The fraction of sp³-hybridized carbons (Fsp3) is 0.414. The molecule has 0 radical (unpaired) electrons. The van der Waals surface area contributed by atoms with Crippen LogP contribution in [0.3, 0.4) is 0 Å². The SMILES string of the molecule is Cc1ccc2nc(CN3CCC(c4cccc(OCc5cc(Cl)c(C#N)s5)n4)CC3)n(C[C@@H]3CCO3)c2c1. The van der Waals surface area contributed by atoms with E-state index < -0.39 is 0 Å². The molecule has 2 aliphatic rings. The zero-order chi connectivity index (χ0) is 26.1. The summed E-state index contributed by atoms with van der Waals surface area (Å²) in [6.07, 6.45) is 3.51. The molecule has 7 nitrogen and oxygen atoms in total. The smallest absolute Gasteiger partial charge is 0.213 e. The maximum atomic E-state index is 9.11. The van der Waals surface area contributed by atoms with Crippen LogP contribution in [0.25, 0.3) is 11.0 Å². The average Bonchev–Trinajstić information content (AvgIpc) is 3.44. The van der Waals surface area contributed by atoms with E-state index in [0.29, 0.717) is 34.4 Å². The molecular weight excluding hydrogens is 518 g/mol. The molecule has 0 amide bonds. The van der Waals surface area contributed by atoms with E-state index >= 15 is 0 Å². The van der Waals surface area contributed by atoms with E-state index in [1.807, 2.05) is 12.1 Å². The second-order valence-corrected chi connectivity index (χ2v) is 11.7. The van der Waals surface area contributed by atoms with Crippen molar-refractivity contribution in [3.63, 3.8) is 0 Å². The van der Waals surface area contributed by atoms with Gasteiger partial charge in [0.15, 0.2) is 0 Å². The largest absolute Gasteiger partial charge is 0.472 e. The standard InChI is InChI=1S/C29H30ClN5O2S/c1-19-5-6-25-26(13-19)35(16-21-9-12-36-21)28(32-25)17-34-10-7-20(8-11-34)24-3-2-4-29(33-24)37-18-22-14-23(30)27(15-31)38-22/h2-6,13-14,20-21H,7-12,16-18H2,1H3/t21-/m0/s1. The first-order valence-corrected chi connectivity index (χ1v) is 14.3. The highest BCUT2D eigenvalue weighted by atomic mass is 35.5. The van der Waals surface area contributed by atoms with Crippen LogP contribution in [-0.2, 0) is 24.4 Å². The summed E-state index contributed by atoms with van der Waals surface area (Å²) in [4.78, 5) is 13.8. The number of hydrogen-bond donors (Lipinski definition) is 0. The number of rotatable bonds is 8. The quantitative estimate of drug-likeness (QED) is 0.266. The topological polar surface area (TPSA) is 76.2 Å². The Morgan fingerprint density at radius 1 is 1.16 bits per heavy atom. The molecule has 0 aliphatic carbocycles. The molecule has 3 aromatic heterocycles. The van der Waals surface area contributed by atoms with Gasteiger partial charge in [-0.15, -0.1) is 11.3 Å². The van der Waals surface area contributed by atoms with Crippen molar-refractivity contribution in [2.75, 3.05) is 19.7 Å². The molecule has 1 atom stereocenters. The van der Waals surface area contributed by atoms with Crippen LogP contribution in [0, 0.1) is 18.3 Å². The van der Waals surface area contributed by atoms with Crippen molar-refractivity contribution in [1.29, 1.82) is 5.26 Å². The normalized spacial score (nSPS) is 18.4. The molecule has 196 valence electrons. The summed E-state index contributed by atoms with van der Waals surface area (Å²) < 4.78 is 14.1. The average molecular weight is 548 g/mol. The third-order valence-electron chi connectivity index (χ3n) is 7.48. The van der Waals surface area contributed by atoms with Gasteiger partial charge in [-0.2, -0.15) is 5.26 Å². The van der Waals surface area contributed by atoms with Crippen LogP contribution in [-0.4, -0.2) is 45.2 Å². The van der Waals surface area contributed by atoms with Crippen molar-refractivity contribution < 1.29 is 9.47 Å². The van der Waals surface area contributed by atoms with Crippen molar-refractivity contribution in [2.45, 2.75) is 57.9 Å². The number of fused-ring (bicyclic) bond motifs is 1. The van der Waals surface area contributed by atoms with Crippen LogP contribution in [0.5, 0.6) is 5.88 Å². The highest BCUT2D eigenvalue weighted by Gasteiger charge is 2.26. The molecule has 2 fully saturated rings. The van der Waals surface area contributed by atoms with E-state index in [2.05, 4.69) is 46.7 Å². The summed E-state index contributed by atoms with van der Waals surface area (Å²) in [7, 11) is 0. The molecule has 2 aliphatic heterocycles. The minimum absolute atomic E-state index is 0.295. The van der Waals surface area contributed by atoms with E-state index in [1.54, 1.807) is 6.07 Å². The van der Waals surface area contributed by atoms with Crippen molar-refractivity contribution in [2.24, 2.45) is 0 Å². The lowest BCUT2D eigenvalue weighted by Crippen LogP contribution is -2.35. The number of nitriles is 1. The molecule has 2 saturated heterocycles. The van der Waals surface area contributed by atoms with Crippen molar-refractivity contribution in [1.82, 2.24) is 19.4 Å². The molecule has 9 heteroatoms. The zero-order valence-electron chi connectivity index (χ0n) is 21.4. The number of hydrogen-bond acceptors (Lipinski definition) is 7. The number of ether oxygens (including phenoxy) is 2. The molecule has 0 saturated carbocycles. The van der Waals surface area contributed by atoms with Crippen LogP contribution in [0.15, 0.2) is 42.5 Å². The Balaban J connectivity index is 1.09. The Morgan fingerprint density at radius 2 is 2.00 bits per heavy atom. The van der Waals surface area contributed by atoms with Crippen molar-refractivity contribution >= 4 is 34.0 Å². The van der Waals surface area contributed by atoms with Crippen LogP contribution >= 0.6 is 22.9 Å². The van der Waals surface area contributed by atoms with Gasteiger partial charge in [0.1, 0.15) is 23.4 Å². The monoisotopic (exact) mass is 547 g/mol. The lowest BCUT2D eigenvalue weighted by molar-refractivity contribution is -0.0592. The van der Waals surface area contributed by atoms with Gasteiger partial charge in [0.05, 0.1) is 35.2 Å². The number of aromatic nitrogens is 3. The predicted octanol–water partition coefficient (Wildman–Crippen LogP) is 6.07. The van der Waals surface area contributed by atoms with Gasteiger partial charge >= 0.3 is 0 Å². The molecule has 4 aromatic rings. The molecule has 0 unspecified atom stereocenters. The lowest BCUT2D eigenvalue weighted by Gasteiger charge is -2.32. The molecule has 5 heterocycles. The summed E-state index contributed by atoms with van der Waals surface area (Å²) in [5, 5.41) is 9.59. The van der Waals surface area contributed by atoms with E-state index in [4.69, 9.17) is 36.3 Å².